The van der Waals surface area contributed by atoms with Crippen LogP contribution in [0.25, 0.3) is 10.2 Å². The molecule has 118 valence electrons. The first-order valence-corrected chi connectivity index (χ1v) is 8.65. The van der Waals surface area contributed by atoms with Crippen molar-refractivity contribution < 1.29 is 0 Å². The Labute approximate surface area is 135 Å². The predicted molar refractivity (Wildman–Crippen MR) is 92.7 cm³/mol. The Balaban J connectivity index is 2.15. The summed E-state index contributed by atoms with van der Waals surface area (Å²) in [5.74, 6) is 0.878. The number of allylic oxidation sites excluding steroid dienone is 1. The van der Waals surface area contributed by atoms with Gasteiger partial charge in [-0.15, -0.1) is 11.3 Å². The molecule has 1 fully saturated rings. The minimum Gasteiger partial charge on any atom is -0.296 e. The standard InChI is InChI=1S/C17H23N3OS/c1-11(2)9-20-14(10-19-7-5-6-8-19)18-16-15(17(20)21)12(3)13(4)22-16/h1,5-10H2,2-4H3. The lowest BCUT2D eigenvalue weighted by Crippen LogP contribution is -2.30. The van der Waals surface area contributed by atoms with Crippen molar-refractivity contribution in [2.45, 2.75) is 46.7 Å². The summed E-state index contributed by atoms with van der Waals surface area (Å²) in [4.78, 5) is 22.2. The van der Waals surface area contributed by atoms with E-state index in [9.17, 15) is 4.79 Å². The number of aryl methyl sites for hydroxylation is 2. The van der Waals surface area contributed by atoms with E-state index in [1.165, 1.54) is 17.7 Å². The van der Waals surface area contributed by atoms with Gasteiger partial charge < -0.3 is 0 Å². The molecule has 5 heteroatoms. The zero-order valence-corrected chi connectivity index (χ0v) is 14.4. The molecule has 22 heavy (non-hydrogen) atoms. The lowest BCUT2D eigenvalue weighted by molar-refractivity contribution is 0.315. The van der Waals surface area contributed by atoms with Gasteiger partial charge in [0.15, 0.2) is 0 Å². The first kappa shape index (κ1) is 15.4. The Hall–Kier alpha value is -1.46. The van der Waals surface area contributed by atoms with Crippen molar-refractivity contribution in [1.82, 2.24) is 14.5 Å². The van der Waals surface area contributed by atoms with E-state index in [1.807, 2.05) is 18.4 Å². The fourth-order valence-corrected chi connectivity index (χ4v) is 4.10. The van der Waals surface area contributed by atoms with E-state index in [4.69, 9.17) is 4.98 Å². The summed E-state index contributed by atoms with van der Waals surface area (Å²) in [5.41, 5.74) is 2.14. The van der Waals surface area contributed by atoms with E-state index in [1.54, 1.807) is 11.3 Å². The SMILES string of the molecule is C=C(C)Cn1c(CN2CCCC2)nc2sc(C)c(C)c2c1=O. The van der Waals surface area contributed by atoms with Crippen LogP contribution in [-0.4, -0.2) is 27.5 Å². The highest BCUT2D eigenvalue weighted by Crippen LogP contribution is 2.26. The third kappa shape index (κ3) is 2.75. The maximum Gasteiger partial charge on any atom is 0.262 e. The van der Waals surface area contributed by atoms with Gasteiger partial charge in [0.25, 0.3) is 5.56 Å². The van der Waals surface area contributed by atoms with Crippen LogP contribution in [-0.2, 0) is 13.1 Å². The molecule has 1 aliphatic heterocycles. The summed E-state index contributed by atoms with van der Waals surface area (Å²) in [5, 5.41) is 0.786. The highest BCUT2D eigenvalue weighted by Gasteiger charge is 2.19. The Morgan fingerprint density at radius 3 is 2.64 bits per heavy atom. The third-order valence-electron chi connectivity index (χ3n) is 4.36. The van der Waals surface area contributed by atoms with Crippen molar-refractivity contribution in [3.8, 4) is 0 Å². The van der Waals surface area contributed by atoms with Crippen molar-refractivity contribution in [3.05, 3.63) is 38.8 Å². The zero-order valence-electron chi connectivity index (χ0n) is 13.6. The molecule has 2 aromatic rings. The molecule has 3 rings (SSSR count). The molecule has 4 nitrogen and oxygen atoms in total. The number of hydrogen-bond acceptors (Lipinski definition) is 4. The summed E-state index contributed by atoms with van der Waals surface area (Å²) < 4.78 is 1.82. The largest absolute Gasteiger partial charge is 0.296 e. The van der Waals surface area contributed by atoms with Gasteiger partial charge in [-0.1, -0.05) is 12.2 Å². The topological polar surface area (TPSA) is 38.1 Å². The van der Waals surface area contributed by atoms with Crippen molar-refractivity contribution in [1.29, 1.82) is 0 Å². The number of likely N-dealkylation sites (tertiary alicyclic amines) is 1. The molecule has 2 aromatic heterocycles. The second-order valence-corrected chi connectivity index (χ2v) is 7.53. The first-order valence-electron chi connectivity index (χ1n) is 7.83. The number of aromatic nitrogens is 2. The number of fused-ring (bicyclic) bond motifs is 1. The molecule has 0 saturated carbocycles. The number of rotatable bonds is 4. The number of hydrogen-bond donors (Lipinski definition) is 0. The lowest BCUT2D eigenvalue weighted by Gasteiger charge is -2.18. The molecule has 0 spiro atoms. The highest BCUT2D eigenvalue weighted by molar-refractivity contribution is 7.18. The fraction of sp³-hybridized carbons (Fsp3) is 0.529. The molecule has 0 atom stereocenters. The van der Waals surface area contributed by atoms with Crippen LogP contribution in [0, 0.1) is 13.8 Å². The molecule has 0 N–H and O–H groups in total. The van der Waals surface area contributed by atoms with Crippen LogP contribution in [0.4, 0.5) is 0 Å². The van der Waals surface area contributed by atoms with Crippen LogP contribution in [0.3, 0.4) is 0 Å². The van der Waals surface area contributed by atoms with Gasteiger partial charge in [-0.2, -0.15) is 0 Å². The smallest absolute Gasteiger partial charge is 0.262 e. The molecule has 1 aliphatic rings. The van der Waals surface area contributed by atoms with Gasteiger partial charge in [0, 0.05) is 11.4 Å². The molecule has 0 aliphatic carbocycles. The average molecular weight is 317 g/mol. The maximum absolute atomic E-state index is 13.0. The quantitative estimate of drug-likeness (QED) is 0.813. The Morgan fingerprint density at radius 2 is 2.00 bits per heavy atom. The molecule has 3 heterocycles. The van der Waals surface area contributed by atoms with Gasteiger partial charge in [-0.3, -0.25) is 14.3 Å². The summed E-state index contributed by atoms with van der Waals surface area (Å²) in [6.45, 7) is 13.5. The van der Waals surface area contributed by atoms with Crippen LogP contribution < -0.4 is 5.56 Å². The summed E-state index contributed by atoms with van der Waals surface area (Å²) in [7, 11) is 0. The molecule has 0 amide bonds. The minimum atomic E-state index is 0.0871. The van der Waals surface area contributed by atoms with Crippen molar-refractivity contribution in [2.75, 3.05) is 13.1 Å². The van der Waals surface area contributed by atoms with Crippen LogP contribution >= 0.6 is 11.3 Å². The van der Waals surface area contributed by atoms with E-state index in [0.29, 0.717) is 6.54 Å². The molecular weight excluding hydrogens is 294 g/mol. The van der Waals surface area contributed by atoms with E-state index < -0.39 is 0 Å². The van der Waals surface area contributed by atoms with Crippen LogP contribution in [0.5, 0.6) is 0 Å². The zero-order chi connectivity index (χ0) is 15.9. The van der Waals surface area contributed by atoms with Gasteiger partial charge in [0.05, 0.1) is 11.9 Å². The highest BCUT2D eigenvalue weighted by atomic mass is 32.1. The molecular formula is C17H23N3OS. The van der Waals surface area contributed by atoms with Crippen molar-refractivity contribution >= 4 is 21.6 Å². The van der Waals surface area contributed by atoms with Crippen molar-refractivity contribution in [2.24, 2.45) is 0 Å². The average Bonchev–Trinajstić information content (AvgIpc) is 3.04. The lowest BCUT2D eigenvalue weighted by atomic mass is 10.2. The summed E-state index contributed by atoms with van der Waals surface area (Å²) >= 11 is 1.63. The molecule has 0 unspecified atom stereocenters. The fourth-order valence-electron chi connectivity index (χ4n) is 3.06. The Kier molecular flexibility index (Phi) is 4.19. The monoisotopic (exact) mass is 317 g/mol. The van der Waals surface area contributed by atoms with Gasteiger partial charge >= 0.3 is 0 Å². The predicted octanol–water partition coefficient (Wildman–Crippen LogP) is 3.25. The van der Waals surface area contributed by atoms with Gasteiger partial charge in [0.2, 0.25) is 0 Å². The van der Waals surface area contributed by atoms with Crippen LogP contribution in [0.1, 0.15) is 36.0 Å². The van der Waals surface area contributed by atoms with E-state index in [2.05, 4.69) is 18.4 Å². The van der Waals surface area contributed by atoms with Crippen LogP contribution in [0.15, 0.2) is 16.9 Å². The molecule has 0 aromatic carbocycles. The van der Waals surface area contributed by atoms with E-state index in [0.717, 1.165) is 46.8 Å². The first-order chi connectivity index (χ1) is 10.5. The van der Waals surface area contributed by atoms with E-state index in [-0.39, 0.29) is 5.56 Å². The summed E-state index contributed by atoms with van der Waals surface area (Å²) in [6, 6.07) is 0. The second kappa shape index (κ2) is 5.97. The van der Waals surface area contributed by atoms with Gasteiger partial charge in [0.1, 0.15) is 10.7 Å². The number of thiophene rings is 1. The number of nitrogens with zero attached hydrogens (tertiary/aromatic N) is 3. The molecule has 1 saturated heterocycles. The summed E-state index contributed by atoms with van der Waals surface area (Å²) in [6.07, 6.45) is 2.48. The maximum atomic E-state index is 13.0. The Bertz CT molecular complexity index is 781. The third-order valence-corrected chi connectivity index (χ3v) is 5.46. The van der Waals surface area contributed by atoms with Crippen molar-refractivity contribution in [3.63, 3.8) is 0 Å². The van der Waals surface area contributed by atoms with Crippen LogP contribution in [0.2, 0.25) is 0 Å². The normalized spacial score (nSPS) is 15.8. The minimum absolute atomic E-state index is 0.0871. The second-order valence-electron chi connectivity index (χ2n) is 6.32. The molecule has 0 radical (unpaired) electrons. The Morgan fingerprint density at radius 1 is 1.32 bits per heavy atom. The van der Waals surface area contributed by atoms with Gasteiger partial charge in [-0.05, 0) is 52.3 Å². The van der Waals surface area contributed by atoms with E-state index >= 15 is 0 Å². The molecule has 0 bridgehead atoms. The van der Waals surface area contributed by atoms with Gasteiger partial charge in [-0.25, -0.2) is 4.98 Å².